The molecule has 4 N–H and O–H groups in total. The first-order chi connectivity index (χ1) is 16.9. The SMILES string of the molecule is C[C@H](O)CNc1nccc(-n2ccnc2C(=O)c2cccc(NC(=O)Nc3ccc(Cl)cc3)c2)n1. The Labute approximate surface area is 206 Å². The fourth-order valence-corrected chi connectivity index (χ4v) is 3.28. The van der Waals surface area contributed by atoms with Gasteiger partial charge >= 0.3 is 6.03 Å². The van der Waals surface area contributed by atoms with Crippen molar-refractivity contribution >= 4 is 40.7 Å². The number of carbonyl (C=O) groups is 2. The van der Waals surface area contributed by atoms with Crippen LogP contribution in [-0.2, 0) is 0 Å². The monoisotopic (exact) mass is 491 g/mol. The van der Waals surface area contributed by atoms with E-state index in [9.17, 15) is 14.7 Å². The van der Waals surface area contributed by atoms with Gasteiger partial charge in [-0.1, -0.05) is 23.7 Å². The third-order valence-electron chi connectivity index (χ3n) is 4.77. The lowest BCUT2D eigenvalue weighted by Gasteiger charge is -2.11. The molecule has 10 nitrogen and oxygen atoms in total. The molecule has 2 amide bonds. The van der Waals surface area contributed by atoms with Crippen molar-refractivity contribution in [1.82, 2.24) is 19.5 Å². The lowest BCUT2D eigenvalue weighted by molar-refractivity contribution is 0.102. The summed E-state index contributed by atoms with van der Waals surface area (Å²) in [5, 5.41) is 18.4. The van der Waals surface area contributed by atoms with Gasteiger partial charge in [-0.2, -0.15) is 4.98 Å². The quantitative estimate of drug-likeness (QED) is 0.274. The van der Waals surface area contributed by atoms with Crippen molar-refractivity contribution in [2.24, 2.45) is 0 Å². The van der Waals surface area contributed by atoms with Crippen LogP contribution in [-0.4, -0.2) is 49.1 Å². The molecule has 178 valence electrons. The molecular formula is C24H22ClN7O3. The van der Waals surface area contributed by atoms with E-state index in [0.717, 1.165) is 0 Å². The number of imidazole rings is 1. The molecule has 2 aromatic heterocycles. The number of nitrogens with zero attached hydrogens (tertiary/aromatic N) is 4. The van der Waals surface area contributed by atoms with E-state index in [4.69, 9.17) is 11.6 Å². The van der Waals surface area contributed by atoms with Crippen molar-refractivity contribution in [2.75, 3.05) is 22.5 Å². The molecule has 4 rings (SSSR count). The van der Waals surface area contributed by atoms with E-state index in [-0.39, 0.29) is 18.2 Å². The summed E-state index contributed by atoms with van der Waals surface area (Å²) < 4.78 is 1.55. The Balaban J connectivity index is 1.50. The van der Waals surface area contributed by atoms with Crippen LogP contribution in [0, 0.1) is 0 Å². The van der Waals surface area contributed by atoms with Crippen LogP contribution in [0.25, 0.3) is 5.82 Å². The summed E-state index contributed by atoms with van der Waals surface area (Å²) in [6.07, 6.45) is 4.10. The number of anilines is 3. The van der Waals surface area contributed by atoms with Crippen LogP contribution in [0.15, 0.2) is 73.2 Å². The Bertz CT molecular complexity index is 1340. The molecule has 0 bridgehead atoms. The highest BCUT2D eigenvalue weighted by Crippen LogP contribution is 2.18. The summed E-state index contributed by atoms with van der Waals surface area (Å²) in [5.41, 5.74) is 1.35. The zero-order valence-corrected chi connectivity index (χ0v) is 19.4. The van der Waals surface area contributed by atoms with Crippen LogP contribution in [0.3, 0.4) is 0 Å². The minimum Gasteiger partial charge on any atom is -0.392 e. The summed E-state index contributed by atoms with van der Waals surface area (Å²) in [7, 11) is 0. The first-order valence-electron chi connectivity index (χ1n) is 10.7. The predicted molar refractivity (Wildman–Crippen MR) is 133 cm³/mol. The van der Waals surface area contributed by atoms with Gasteiger partial charge in [0.1, 0.15) is 5.82 Å². The van der Waals surface area contributed by atoms with E-state index < -0.39 is 12.1 Å². The number of urea groups is 1. The van der Waals surface area contributed by atoms with Gasteiger partial charge in [-0.25, -0.2) is 14.8 Å². The summed E-state index contributed by atoms with van der Waals surface area (Å²) in [6.45, 7) is 1.93. The largest absolute Gasteiger partial charge is 0.392 e. The Morgan fingerprint density at radius 1 is 1.03 bits per heavy atom. The molecule has 0 aliphatic rings. The minimum absolute atomic E-state index is 0.146. The van der Waals surface area contributed by atoms with E-state index in [0.29, 0.717) is 33.7 Å². The maximum absolute atomic E-state index is 13.2. The number of amides is 2. The van der Waals surface area contributed by atoms with Gasteiger partial charge in [-0.15, -0.1) is 0 Å². The number of benzene rings is 2. The fourth-order valence-electron chi connectivity index (χ4n) is 3.16. The van der Waals surface area contributed by atoms with Crippen molar-refractivity contribution in [3.8, 4) is 5.82 Å². The Morgan fingerprint density at radius 2 is 1.80 bits per heavy atom. The second kappa shape index (κ2) is 10.8. The van der Waals surface area contributed by atoms with Crippen molar-refractivity contribution in [2.45, 2.75) is 13.0 Å². The molecule has 0 saturated carbocycles. The molecule has 0 radical (unpaired) electrons. The Morgan fingerprint density at radius 3 is 2.57 bits per heavy atom. The smallest absolute Gasteiger partial charge is 0.323 e. The van der Waals surface area contributed by atoms with Crippen LogP contribution < -0.4 is 16.0 Å². The Kier molecular flexibility index (Phi) is 7.34. The Hall–Kier alpha value is -4.28. The number of halogens is 1. The molecule has 4 aromatic rings. The number of hydrogen-bond acceptors (Lipinski definition) is 7. The number of aromatic nitrogens is 4. The summed E-state index contributed by atoms with van der Waals surface area (Å²) >= 11 is 5.86. The molecular weight excluding hydrogens is 470 g/mol. The number of hydrogen-bond donors (Lipinski definition) is 4. The van der Waals surface area contributed by atoms with Crippen LogP contribution in [0.5, 0.6) is 0 Å². The van der Waals surface area contributed by atoms with Crippen LogP contribution >= 0.6 is 11.6 Å². The number of carbonyl (C=O) groups excluding carboxylic acids is 2. The zero-order chi connectivity index (χ0) is 24.8. The van der Waals surface area contributed by atoms with E-state index in [1.54, 1.807) is 78.5 Å². The first kappa shape index (κ1) is 23.9. The van der Waals surface area contributed by atoms with Crippen LogP contribution in [0.1, 0.15) is 23.1 Å². The normalized spacial score (nSPS) is 11.5. The second-order valence-corrected chi connectivity index (χ2v) is 8.02. The number of aliphatic hydroxyl groups excluding tert-OH is 1. The molecule has 0 aliphatic heterocycles. The van der Waals surface area contributed by atoms with Crippen molar-refractivity contribution in [1.29, 1.82) is 0 Å². The average molecular weight is 492 g/mol. The topological polar surface area (TPSA) is 134 Å². The van der Waals surface area contributed by atoms with Gasteiger partial charge in [0.15, 0.2) is 5.82 Å². The van der Waals surface area contributed by atoms with Gasteiger partial charge in [-0.05, 0) is 49.4 Å². The molecule has 0 fully saturated rings. The first-order valence-corrected chi connectivity index (χ1v) is 11.0. The highest BCUT2D eigenvalue weighted by atomic mass is 35.5. The average Bonchev–Trinajstić information content (AvgIpc) is 3.34. The number of nitrogens with one attached hydrogen (secondary N) is 3. The summed E-state index contributed by atoms with van der Waals surface area (Å²) in [6, 6.07) is 14.4. The van der Waals surface area contributed by atoms with Crippen molar-refractivity contribution < 1.29 is 14.7 Å². The van der Waals surface area contributed by atoms with Crippen LogP contribution in [0.2, 0.25) is 5.02 Å². The maximum Gasteiger partial charge on any atom is 0.323 e. The molecule has 2 heterocycles. The second-order valence-electron chi connectivity index (χ2n) is 7.59. The standard InChI is InChI=1S/C24H22ClN7O3/c1-15(33)14-28-23-27-10-9-20(31-23)32-12-11-26-22(32)21(34)16-3-2-4-19(13-16)30-24(35)29-18-7-5-17(25)6-8-18/h2-13,15,33H,14H2,1H3,(H,27,28,31)(H2,29,30,35)/t15-/m0/s1. The number of aliphatic hydroxyl groups is 1. The van der Waals surface area contributed by atoms with Gasteiger partial charge in [-0.3, -0.25) is 9.36 Å². The third-order valence-corrected chi connectivity index (χ3v) is 5.02. The van der Waals surface area contributed by atoms with Gasteiger partial charge in [0.2, 0.25) is 11.7 Å². The van der Waals surface area contributed by atoms with Gasteiger partial charge in [0, 0.05) is 47.1 Å². The number of rotatable bonds is 8. The third kappa shape index (κ3) is 6.19. The highest BCUT2D eigenvalue weighted by molar-refractivity contribution is 6.30. The number of ketones is 1. The molecule has 35 heavy (non-hydrogen) atoms. The lowest BCUT2D eigenvalue weighted by atomic mass is 10.1. The molecule has 0 unspecified atom stereocenters. The van der Waals surface area contributed by atoms with Crippen molar-refractivity contribution in [3.63, 3.8) is 0 Å². The molecule has 0 spiro atoms. The maximum atomic E-state index is 13.2. The summed E-state index contributed by atoms with van der Waals surface area (Å²) in [5.74, 6) is 0.542. The predicted octanol–water partition coefficient (Wildman–Crippen LogP) is 3.98. The fraction of sp³-hybridized carbons (Fsp3) is 0.125. The zero-order valence-electron chi connectivity index (χ0n) is 18.6. The highest BCUT2D eigenvalue weighted by Gasteiger charge is 2.18. The van der Waals surface area contributed by atoms with E-state index >= 15 is 0 Å². The molecule has 1 atom stereocenters. The molecule has 0 aliphatic carbocycles. The molecule has 11 heteroatoms. The van der Waals surface area contributed by atoms with Crippen LogP contribution in [0.4, 0.5) is 22.1 Å². The van der Waals surface area contributed by atoms with Gasteiger partial charge in [0.25, 0.3) is 0 Å². The van der Waals surface area contributed by atoms with Gasteiger partial charge in [0.05, 0.1) is 6.10 Å². The van der Waals surface area contributed by atoms with E-state index in [1.807, 2.05) is 0 Å². The minimum atomic E-state index is -0.568. The molecule has 0 saturated heterocycles. The lowest BCUT2D eigenvalue weighted by Crippen LogP contribution is -2.19. The summed E-state index contributed by atoms with van der Waals surface area (Å²) in [4.78, 5) is 38.3. The van der Waals surface area contributed by atoms with Crippen molar-refractivity contribution in [3.05, 3.63) is 89.6 Å². The van der Waals surface area contributed by atoms with Gasteiger partial charge < -0.3 is 21.1 Å². The van der Waals surface area contributed by atoms with E-state index in [2.05, 4.69) is 30.9 Å². The van der Waals surface area contributed by atoms with E-state index in [1.165, 1.54) is 6.20 Å². The molecule has 2 aromatic carbocycles.